The first kappa shape index (κ1) is 13.3. The van der Waals surface area contributed by atoms with Gasteiger partial charge in [-0.1, -0.05) is 6.42 Å². The number of aliphatic hydroxyl groups excluding tert-OH is 1. The lowest BCUT2D eigenvalue weighted by molar-refractivity contribution is 0.00623. The molecule has 3 N–H and O–H groups in total. The molecule has 0 aromatic heterocycles. The molecule has 0 saturated heterocycles. The fraction of sp³-hybridized carbons (Fsp3) is 0.571. The number of halogens is 1. The molecule has 3 nitrogen and oxygen atoms in total. The van der Waals surface area contributed by atoms with Crippen molar-refractivity contribution in [3.8, 4) is 5.75 Å². The predicted octanol–water partition coefficient (Wildman–Crippen LogP) is 2.53. The Bertz CT molecular complexity index is 409. The Hall–Kier alpha value is -1.13. The normalized spacial score (nSPS) is 25.8. The van der Waals surface area contributed by atoms with Gasteiger partial charge in [-0.05, 0) is 44.4 Å². The molecule has 1 aliphatic rings. The number of hydrogen-bond acceptors (Lipinski definition) is 3. The van der Waals surface area contributed by atoms with Crippen LogP contribution in [0.1, 0.15) is 44.2 Å². The average molecular weight is 253 g/mol. The summed E-state index contributed by atoms with van der Waals surface area (Å²) in [4.78, 5) is 0. The zero-order valence-corrected chi connectivity index (χ0v) is 10.6. The van der Waals surface area contributed by atoms with Gasteiger partial charge in [0.05, 0.1) is 6.10 Å². The third-order valence-corrected chi connectivity index (χ3v) is 3.41. The summed E-state index contributed by atoms with van der Waals surface area (Å²) in [6.45, 7) is 1.79. The van der Waals surface area contributed by atoms with E-state index in [1.807, 2.05) is 0 Å². The summed E-state index contributed by atoms with van der Waals surface area (Å²) in [5.41, 5.74) is 6.46. The molecule has 18 heavy (non-hydrogen) atoms. The maximum atomic E-state index is 13.2. The molecule has 1 aromatic carbocycles. The number of rotatable bonds is 3. The van der Waals surface area contributed by atoms with E-state index in [1.165, 1.54) is 12.1 Å². The molecule has 0 radical (unpaired) electrons. The van der Waals surface area contributed by atoms with Crippen molar-refractivity contribution in [2.45, 2.75) is 50.9 Å². The van der Waals surface area contributed by atoms with Crippen molar-refractivity contribution < 1.29 is 14.2 Å². The number of hydrogen-bond donors (Lipinski definition) is 2. The molecule has 0 spiro atoms. The van der Waals surface area contributed by atoms with E-state index in [4.69, 9.17) is 10.5 Å². The Morgan fingerprint density at radius 2 is 2.11 bits per heavy atom. The highest BCUT2D eigenvalue weighted by Crippen LogP contribution is 2.29. The van der Waals surface area contributed by atoms with Gasteiger partial charge >= 0.3 is 0 Å². The van der Waals surface area contributed by atoms with Crippen LogP contribution in [-0.2, 0) is 0 Å². The van der Waals surface area contributed by atoms with Crippen LogP contribution in [0, 0.1) is 5.82 Å². The summed E-state index contributed by atoms with van der Waals surface area (Å²) in [6.07, 6.45) is 3.03. The van der Waals surface area contributed by atoms with Crippen LogP contribution < -0.4 is 10.5 Å². The van der Waals surface area contributed by atoms with E-state index in [9.17, 15) is 9.50 Å². The lowest BCUT2D eigenvalue weighted by Gasteiger charge is -2.29. The minimum Gasteiger partial charge on any atom is -0.487 e. The van der Waals surface area contributed by atoms with Gasteiger partial charge in [0.2, 0.25) is 0 Å². The number of aliphatic hydroxyl groups is 1. The smallest absolute Gasteiger partial charge is 0.124 e. The molecule has 2 unspecified atom stereocenters. The summed E-state index contributed by atoms with van der Waals surface area (Å²) in [6, 6.07) is 4.05. The quantitative estimate of drug-likeness (QED) is 0.870. The summed E-state index contributed by atoms with van der Waals surface area (Å²) in [7, 11) is 0. The fourth-order valence-corrected chi connectivity index (χ4v) is 2.36. The first-order chi connectivity index (χ1) is 8.58. The maximum Gasteiger partial charge on any atom is 0.124 e. The van der Waals surface area contributed by atoms with Gasteiger partial charge < -0.3 is 15.6 Å². The van der Waals surface area contributed by atoms with Crippen molar-refractivity contribution in [3.05, 3.63) is 29.6 Å². The fourth-order valence-electron chi connectivity index (χ4n) is 2.36. The monoisotopic (exact) mass is 253 g/mol. The highest BCUT2D eigenvalue weighted by Gasteiger charge is 2.25. The Balaban J connectivity index is 2.17. The Kier molecular flexibility index (Phi) is 4.19. The Morgan fingerprint density at radius 1 is 1.39 bits per heavy atom. The predicted molar refractivity (Wildman–Crippen MR) is 67.9 cm³/mol. The molecule has 1 fully saturated rings. The summed E-state index contributed by atoms with van der Waals surface area (Å²) < 4.78 is 19.0. The van der Waals surface area contributed by atoms with Gasteiger partial charge in [0, 0.05) is 11.6 Å². The van der Waals surface area contributed by atoms with E-state index in [1.54, 1.807) is 13.0 Å². The van der Waals surface area contributed by atoms with Crippen molar-refractivity contribution in [1.82, 2.24) is 0 Å². The standard InChI is InChI=1S/C14H20FNO2/c1-9(16)11-8-10(15)6-7-13(11)18-14-5-3-2-4-12(14)17/h6-9,12,14,17H,2-5,16H2,1H3/t9-,12?,14?/m0/s1. The van der Waals surface area contributed by atoms with Gasteiger partial charge in [-0.2, -0.15) is 0 Å². The van der Waals surface area contributed by atoms with Crippen molar-refractivity contribution in [3.63, 3.8) is 0 Å². The largest absolute Gasteiger partial charge is 0.487 e. The highest BCUT2D eigenvalue weighted by atomic mass is 19.1. The topological polar surface area (TPSA) is 55.5 Å². The second-order valence-electron chi connectivity index (χ2n) is 4.98. The molecule has 3 atom stereocenters. The molecule has 0 amide bonds. The van der Waals surface area contributed by atoms with Crippen LogP contribution in [0.3, 0.4) is 0 Å². The van der Waals surface area contributed by atoms with E-state index in [0.29, 0.717) is 11.3 Å². The van der Waals surface area contributed by atoms with Crippen molar-refractivity contribution in [2.24, 2.45) is 5.73 Å². The third kappa shape index (κ3) is 3.00. The van der Waals surface area contributed by atoms with E-state index in [2.05, 4.69) is 0 Å². The number of benzene rings is 1. The van der Waals surface area contributed by atoms with Crippen LogP contribution >= 0.6 is 0 Å². The van der Waals surface area contributed by atoms with E-state index in [0.717, 1.165) is 25.7 Å². The van der Waals surface area contributed by atoms with Gasteiger partial charge in [-0.3, -0.25) is 0 Å². The molecule has 1 saturated carbocycles. The van der Waals surface area contributed by atoms with Crippen molar-refractivity contribution in [1.29, 1.82) is 0 Å². The molecular formula is C14H20FNO2. The van der Waals surface area contributed by atoms with Crippen LogP contribution in [0.25, 0.3) is 0 Å². The van der Waals surface area contributed by atoms with Gasteiger partial charge in [0.15, 0.2) is 0 Å². The van der Waals surface area contributed by atoms with Crippen LogP contribution in [0.4, 0.5) is 4.39 Å². The van der Waals surface area contributed by atoms with Crippen molar-refractivity contribution >= 4 is 0 Å². The molecule has 0 aliphatic heterocycles. The van der Waals surface area contributed by atoms with Crippen LogP contribution in [0.15, 0.2) is 18.2 Å². The van der Waals surface area contributed by atoms with E-state index in [-0.39, 0.29) is 18.0 Å². The lowest BCUT2D eigenvalue weighted by Crippen LogP contribution is -2.35. The molecule has 2 rings (SSSR count). The third-order valence-electron chi connectivity index (χ3n) is 3.41. The molecular weight excluding hydrogens is 233 g/mol. The highest BCUT2D eigenvalue weighted by molar-refractivity contribution is 5.36. The second kappa shape index (κ2) is 5.67. The zero-order valence-electron chi connectivity index (χ0n) is 10.6. The molecule has 1 aliphatic carbocycles. The van der Waals surface area contributed by atoms with Crippen molar-refractivity contribution in [2.75, 3.05) is 0 Å². The molecule has 1 aromatic rings. The summed E-state index contributed by atoms with van der Waals surface area (Å²) >= 11 is 0. The maximum absolute atomic E-state index is 13.2. The lowest BCUT2D eigenvalue weighted by atomic mass is 9.94. The molecule has 0 heterocycles. The molecule has 0 bridgehead atoms. The van der Waals surface area contributed by atoms with Gasteiger partial charge in [-0.25, -0.2) is 4.39 Å². The second-order valence-corrected chi connectivity index (χ2v) is 4.98. The number of ether oxygens (including phenoxy) is 1. The van der Waals surface area contributed by atoms with Crippen LogP contribution in [0.2, 0.25) is 0 Å². The Morgan fingerprint density at radius 3 is 2.78 bits per heavy atom. The van der Waals surface area contributed by atoms with E-state index < -0.39 is 6.10 Å². The minimum atomic E-state index is -0.440. The van der Waals surface area contributed by atoms with Gasteiger partial charge in [0.1, 0.15) is 17.7 Å². The summed E-state index contributed by atoms with van der Waals surface area (Å²) in [5.74, 6) is 0.260. The minimum absolute atomic E-state index is 0.207. The van der Waals surface area contributed by atoms with Gasteiger partial charge in [-0.15, -0.1) is 0 Å². The summed E-state index contributed by atoms with van der Waals surface area (Å²) in [5, 5.41) is 9.88. The number of nitrogens with two attached hydrogens (primary N) is 1. The first-order valence-corrected chi connectivity index (χ1v) is 6.47. The van der Waals surface area contributed by atoms with E-state index >= 15 is 0 Å². The molecule has 4 heteroatoms. The van der Waals surface area contributed by atoms with Gasteiger partial charge in [0.25, 0.3) is 0 Å². The average Bonchev–Trinajstić information content (AvgIpc) is 2.34. The van der Waals surface area contributed by atoms with Crippen LogP contribution in [-0.4, -0.2) is 17.3 Å². The first-order valence-electron chi connectivity index (χ1n) is 6.47. The Labute approximate surface area is 107 Å². The SMILES string of the molecule is C[C@H](N)c1cc(F)ccc1OC1CCCCC1O. The zero-order chi connectivity index (χ0) is 13.1. The van der Waals surface area contributed by atoms with Crippen LogP contribution in [0.5, 0.6) is 5.75 Å². The molecule has 100 valence electrons.